The summed E-state index contributed by atoms with van der Waals surface area (Å²) in [4.78, 5) is 12.1. The van der Waals surface area contributed by atoms with Crippen LogP contribution in [0, 0.1) is 13.8 Å². The van der Waals surface area contributed by atoms with E-state index in [9.17, 15) is 21.6 Å². The highest BCUT2D eigenvalue weighted by molar-refractivity contribution is 7.89. The van der Waals surface area contributed by atoms with Gasteiger partial charge in [0.15, 0.2) is 0 Å². The second-order valence-electron chi connectivity index (χ2n) is 7.61. The fraction of sp³-hybridized carbons (Fsp3) is 0.476. The van der Waals surface area contributed by atoms with Crippen molar-refractivity contribution in [1.29, 1.82) is 0 Å². The third-order valence-corrected chi connectivity index (χ3v) is 9.46. The molecular formula is C21H28N2O7S2. The number of sulfonamides is 2. The van der Waals surface area contributed by atoms with Gasteiger partial charge in [0.05, 0.1) is 12.0 Å². The van der Waals surface area contributed by atoms with Crippen molar-refractivity contribution in [3.8, 4) is 0 Å². The Kier molecular flexibility index (Phi) is 7.13. The molecule has 0 amide bonds. The number of esters is 1. The summed E-state index contributed by atoms with van der Waals surface area (Å²) in [7, 11) is -6.66. The van der Waals surface area contributed by atoms with Gasteiger partial charge in [0.2, 0.25) is 20.0 Å². The summed E-state index contributed by atoms with van der Waals surface area (Å²) in [6.45, 7) is 4.94. The SMILES string of the molecule is CCCc1ccc(S(=O)(=O)N2CCN(S(=O)(=O)c3c(C)oc(C)c3C(=O)OC)CC2)cc1. The Labute approximate surface area is 189 Å². The summed E-state index contributed by atoms with van der Waals surface area (Å²) in [5.41, 5.74) is 0.932. The van der Waals surface area contributed by atoms with Crippen molar-refractivity contribution in [3.63, 3.8) is 0 Å². The zero-order chi connectivity index (χ0) is 23.7. The molecule has 176 valence electrons. The van der Waals surface area contributed by atoms with Crippen LogP contribution >= 0.6 is 0 Å². The lowest BCUT2D eigenvalue weighted by Crippen LogP contribution is -2.50. The summed E-state index contributed by atoms with van der Waals surface area (Å²) in [6, 6.07) is 6.78. The zero-order valence-corrected chi connectivity index (χ0v) is 20.3. The molecule has 32 heavy (non-hydrogen) atoms. The van der Waals surface area contributed by atoms with Crippen LogP contribution in [-0.2, 0) is 31.2 Å². The van der Waals surface area contributed by atoms with Gasteiger partial charge in [-0.2, -0.15) is 8.61 Å². The van der Waals surface area contributed by atoms with Crippen molar-refractivity contribution in [2.75, 3.05) is 33.3 Å². The van der Waals surface area contributed by atoms with Crippen molar-refractivity contribution in [2.24, 2.45) is 0 Å². The molecule has 1 aromatic heterocycles. The lowest BCUT2D eigenvalue weighted by atomic mass is 10.1. The Morgan fingerprint density at radius 1 is 0.938 bits per heavy atom. The van der Waals surface area contributed by atoms with Gasteiger partial charge in [0.1, 0.15) is 22.0 Å². The summed E-state index contributed by atoms with van der Waals surface area (Å²) >= 11 is 0. The van der Waals surface area contributed by atoms with Crippen LogP contribution < -0.4 is 0 Å². The highest BCUT2D eigenvalue weighted by atomic mass is 32.2. The van der Waals surface area contributed by atoms with Gasteiger partial charge < -0.3 is 9.15 Å². The molecule has 1 aromatic carbocycles. The van der Waals surface area contributed by atoms with Gasteiger partial charge in [-0.05, 0) is 38.0 Å². The Hall–Kier alpha value is -2.21. The van der Waals surface area contributed by atoms with Crippen LogP contribution in [0.3, 0.4) is 0 Å². The monoisotopic (exact) mass is 484 g/mol. The van der Waals surface area contributed by atoms with Crippen molar-refractivity contribution in [3.05, 3.63) is 46.9 Å². The van der Waals surface area contributed by atoms with E-state index in [0.29, 0.717) is 0 Å². The molecule has 0 bridgehead atoms. The minimum atomic E-state index is -4.09. The standard InChI is InChI=1S/C21H28N2O7S2/c1-5-6-17-7-9-18(10-8-17)31(25,26)22-11-13-23(14-12-22)32(27,28)20-16(3)30-15(2)19(20)21(24)29-4/h7-10H,5-6,11-14H2,1-4H3. The van der Waals surface area contributed by atoms with Crippen molar-refractivity contribution in [1.82, 2.24) is 8.61 Å². The minimum absolute atomic E-state index is 0.00170. The third kappa shape index (κ3) is 4.47. The predicted molar refractivity (Wildman–Crippen MR) is 117 cm³/mol. The number of methoxy groups -OCH3 is 1. The van der Waals surface area contributed by atoms with E-state index in [2.05, 4.69) is 6.92 Å². The van der Waals surface area contributed by atoms with Crippen LogP contribution in [0.5, 0.6) is 0 Å². The third-order valence-electron chi connectivity index (χ3n) is 5.49. The molecule has 3 rings (SSSR count). The zero-order valence-electron chi connectivity index (χ0n) is 18.6. The van der Waals surface area contributed by atoms with E-state index in [-0.39, 0.29) is 53.1 Å². The lowest BCUT2D eigenvalue weighted by molar-refractivity contribution is 0.0594. The number of hydrogen-bond donors (Lipinski definition) is 0. The Bertz CT molecular complexity index is 1190. The van der Waals surface area contributed by atoms with Crippen molar-refractivity contribution < 1.29 is 30.8 Å². The Balaban J connectivity index is 1.80. The maximum atomic E-state index is 13.3. The summed E-state index contributed by atoms with van der Waals surface area (Å²) < 4.78 is 65.1. The van der Waals surface area contributed by atoms with Gasteiger partial charge in [-0.1, -0.05) is 25.5 Å². The number of ether oxygens (including phenoxy) is 1. The molecule has 11 heteroatoms. The van der Waals surface area contributed by atoms with Crippen LogP contribution in [0.1, 0.15) is 40.8 Å². The fourth-order valence-electron chi connectivity index (χ4n) is 3.86. The second-order valence-corrected chi connectivity index (χ2v) is 11.4. The molecule has 2 aromatic rings. The van der Waals surface area contributed by atoms with Gasteiger partial charge in [0, 0.05) is 26.2 Å². The van der Waals surface area contributed by atoms with Crippen molar-refractivity contribution in [2.45, 2.75) is 43.4 Å². The van der Waals surface area contributed by atoms with Crippen molar-refractivity contribution >= 4 is 26.0 Å². The average molecular weight is 485 g/mol. The Morgan fingerprint density at radius 2 is 1.47 bits per heavy atom. The van der Waals surface area contributed by atoms with Crippen LogP contribution in [0.4, 0.5) is 0 Å². The van der Waals surface area contributed by atoms with E-state index in [1.54, 1.807) is 24.3 Å². The average Bonchev–Trinajstić information content (AvgIpc) is 3.08. The molecule has 0 unspecified atom stereocenters. The van der Waals surface area contributed by atoms with Crippen LogP contribution in [0.25, 0.3) is 0 Å². The highest BCUT2D eigenvalue weighted by Gasteiger charge is 2.39. The first-order chi connectivity index (χ1) is 15.0. The van der Waals surface area contributed by atoms with E-state index in [1.165, 1.54) is 29.6 Å². The highest BCUT2D eigenvalue weighted by Crippen LogP contribution is 2.31. The molecule has 2 heterocycles. The molecule has 0 spiro atoms. The number of hydrogen-bond acceptors (Lipinski definition) is 7. The predicted octanol–water partition coefficient (Wildman–Crippen LogP) is 2.33. The first kappa shape index (κ1) is 24.4. The van der Waals surface area contributed by atoms with Crippen LogP contribution in [0.15, 0.2) is 38.5 Å². The van der Waals surface area contributed by atoms with Gasteiger partial charge in [0.25, 0.3) is 0 Å². The molecule has 1 aliphatic rings. The van der Waals surface area contributed by atoms with E-state index >= 15 is 0 Å². The maximum absolute atomic E-state index is 13.3. The second kappa shape index (κ2) is 9.34. The molecule has 1 fully saturated rings. The van der Waals surface area contributed by atoms with E-state index in [1.807, 2.05) is 0 Å². The quantitative estimate of drug-likeness (QED) is 0.554. The number of carbonyl (C=O) groups excluding carboxylic acids is 1. The topological polar surface area (TPSA) is 114 Å². The molecule has 0 atom stereocenters. The molecule has 0 aliphatic carbocycles. The van der Waals surface area contributed by atoms with E-state index < -0.39 is 26.0 Å². The number of furan rings is 1. The number of carbonyl (C=O) groups is 1. The largest absolute Gasteiger partial charge is 0.465 e. The summed E-state index contributed by atoms with van der Waals surface area (Å²) in [5, 5.41) is 0. The normalized spacial score (nSPS) is 16.2. The maximum Gasteiger partial charge on any atom is 0.342 e. The van der Waals surface area contributed by atoms with Crippen LogP contribution in [0.2, 0.25) is 0 Å². The molecule has 9 nitrogen and oxygen atoms in total. The number of piperazine rings is 1. The smallest absolute Gasteiger partial charge is 0.342 e. The molecule has 1 aliphatic heterocycles. The van der Waals surface area contributed by atoms with E-state index in [0.717, 1.165) is 18.4 Å². The van der Waals surface area contributed by atoms with Gasteiger partial charge >= 0.3 is 5.97 Å². The van der Waals surface area contributed by atoms with E-state index in [4.69, 9.17) is 9.15 Å². The first-order valence-corrected chi connectivity index (χ1v) is 13.2. The molecule has 1 saturated heterocycles. The fourth-order valence-corrected chi connectivity index (χ4v) is 7.07. The molecule has 0 N–H and O–H groups in total. The van der Waals surface area contributed by atoms with Gasteiger partial charge in [-0.15, -0.1) is 0 Å². The van der Waals surface area contributed by atoms with Gasteiger partial charge in [-0.25, -0.2) is 21.6 Å². The summed E-state index contributed by atoms with van der Waals surface area (Å²) in [6.07, 6.45) is 1.84. The molecule has 0 saturated carbocycles. The molecular weight excluding hydrogens is 456 g/mol. The number of rotatable bonds is 7. The lowest BCUT2D eigenvalue weighted by Gasteiger charge is -2.33. The van der Waals surface area contributed by atoms with Gasteiger partial charge in [-0.3, -0.25) is 0 Å². The molecule has 0 radical (unpaired) electrons. The number of nitrogens with zero attached hydrogens (tertiary/aromatic N) is 2. The van der Waals surface area contributed by atoms with Crippen LogP contribution in [-0.4, -0.2) is 64.7 Å². The minimum Gasteiger partial charge on any atom is -0.465 e. The number of aryl methyl sites for hydroxylation is 3. The summed E-state index contributed by atoms with van der Waals surface area (Å²) in [5.74, 6) is -0.559. The number of benzene rings is 1. The first-order valence-electron chi connectivity index (χ1n) is 10.3. The Morgan fingerprint density at radius 3 is 1.97 bits per heavy atom.